The molecule has 1 saturated heterocycles. The molecule has 2 N–H and O–H groups in total. The Morgan fingerprint density at radius 1 is 1.44 bits per heavy atom. The van der Waals surface area contributed by atoms with Gasteiger partial charge in [-0.05, 0) is 19.4 Å². The summed E-state index contributed by atoms with van der Waals surface area (Å²) < 4.78 is 9.88. The van der Waals surface area contributed by atoms with Crippen molar-refractivity contribution in [2.75, 3.05) is 27.3 Å². The van der Waals surface area contributed by atoms with Gasteiger partial charge in [0, 0.05) is 13.2 Å². The molecule has 0 bridgehead atoms. The Balaban J connectivity index is 2.46. The smallest absolute Gasteiger partial charge is 0.325 e. The van der Waals surface area contributed by atoms with Crippen LogP contribution in [0.15, 0.2) is 0 Å². The molecular weight excluding hydrogens is 236 g/mol. The predicted octanol–water partition coefficient (Wildman–Crippen LogP) is -0.321. The van der Waals surface area contributed by atoms with E-state index in [-0.39, 0.29) is 30.5 Å². The Morgan fingerprint density at radius 3 is 2.67 bits per heavy atom. The normalized spacial score (nSPS) is 22.3. The highest BCUT2D eigenvalue weighted by Gasteiger charge is 2.32. The van der Waals surface area contributed by atoms with Crippen LogP contribution in [-0.4, -0.2) is 51.3 Å². The van der Waals surface area contributed by atoms with Crippen molar-refractivity contribution in [1.29, 1.82) is 0 Å². The highest BCUT2D eigenvalue weighted by Crippen LogP contribution is 2.18. The maximum Gasteiger partial charge on any atom is 0.325 e. The van der Waals surface area contributed by atoms with Crippen LogP contribution < -0.4 is 10.6 Å². The first-order chi connectivity index (χ1) is 8.60. The summed E-state index contributed by atoms with van der Waals surface area (Å²) in [4.78, 5) is 22.8. The van der Waals surface area contributed by atoms with E-state index in [1.165, 1.54) is 7.11 Å². The molecule has 1 amide bonds. The maximum atomic E-state index is 11.9. The van der Waals surface area contributed by atoms with E-state index >= 15 is 0 Å². The van der Waals surface area contributed by atoms with Gasteiger partial charge in [-0.3, -0.25) is 9.59 Å². The Labute approximate surface area is 107 Å². The fraction of sp³-hybridized carbons (Fsp3) is 0.833. The molecule has 3 atom stereocenters. The van der Waals surface area contributed by atoms with Crippen molar-refractivity contribution in [2.24, 2.45) is 5.92 Å². The SMILES string of the molecule is COC(=O)CNC(=O)C(C)C(OC)C1CCCN1. The first kappa shape index (κ1) is 14.9. The van der Waals surface area contributed by atoms with Crippen LogP contribution in [0.2, 0.25) is 0 Å². The molecule has 0 aromatic carbocycles. The third-order valence-corrected chi connectivity index (χ3v) is 3.31. The zero-order valence-corrected chi connectivity index (χ0v) is 11.2. The summed E-state index contributed by atoms with van der Waals surface area (Å²) in [5.74, 6) is -0.959. The second kappa shape index (κ2) is 7.33. The van der Waals surface area contributed by atoms with E-state index in [1.807, 2.05) is 0 Å². The molecule has 0 radical (unpaired) electrons. The van der Waals surface area contributed by atoms with Gasteiger partial charge >= 0.3 is 5.97 Å². The highest BCUT2D eigenvalue weighted by molar-refractivity contribution is 5.83. The number of carbonyl (C=O) groups is 2. The largest absolute Gasteiger partial charge is 0.468 e. The lowest BCUT2D eigenvalue weighted by atomic mass is 9.95. The molecule has 0 aromatic heterocycles. The van der Waals surface area contributed by atoms with Gasteiger partial charge in [-0.25, -0.2) is 0 Å². The maximum absolute atomic E-state index is 11.9. The second-order valence-corrected chi connectivity index (χ2v) is 4.49. The van der Waals surface area contributed by atoms with Crippen LogP contribution in [0.3, 0.4) is 0 Å². The number of methoxy groups -OCH3 is 2. The Kier molecular flexibility index (Phi) is 6.07. The minimum atomic E-state index is -0.455. The number of carbonyl (C=O) groups excluding carboxylic acids is 2. The summed E-state index contributed by atoms with van der Waals surface area (Å²) in [7, 11) is 2.90. The van der Waals surface area contributed by atoms with E-state index in [9.17, 15) is 9.59 Å². The Bertz CT molecular complexity index is 290. The third-order valence-electron chi connectivity index (χ3n) is 3.31. The average Bonchev–Trinajstić information content (AvgIpc) is 2.89. The number of hydrogen-bond donors (Lipinski definition) is 2. The standard InChI is InChI=1S/C12H22N2O4/c1-8(12(16)14-7-10(15)17-2)11(18-3)9-5-4-6-13-9/h8-9,11,13H,4-7H2,1-3H3,(H,14,16). The van der Waals surface area contributed by atoms with E-state index in [4.69, 9.17) is 4.74 Å². The summed E-state index contributed by atoms with van der Waals surface area (Å²) in [6.45, 7) is 2.66. The third kappa shape index (κ3) is 3.96. The fourth-order valence-corrected chi connectivity index (χ4v) is 2.25. The van der Waals surface area contributed by atoms with Crippen molar-refractivity contribution in [3.05, 3.63) is 0 Å². The number of amides is 1. The lowest BCUT2D eigenvalue weighted by molar-refractivity contribution is -0.142. The summed E-state index contributed by atoms with van der Waals surface area (Å²) in [6.07, 6.45) is 1.93. The van der Waals surface area contributed by atoms with Crippen molar-refractivity contribution in [3.8, 4) is 0 Å². The Hall–Kier alpha value is -1.14. The molecule has 0 aromatic rings. The number of esters is 1. The van der Waals surface area contributed by atoms with Gasteiger partial charge in [0.1, 0.15) is 6.54 Å². The van der Waals surface area contributed by atoms with E-state index in [2.05, 4.69) is 15.4 Å². The van der Waals surface area contributed by atoms with E-state index < -0.39 is 5.97 Å². The molecule has 0 aliphatic carbocycles. The first-order valence-corrected chi connectivity index (χ1v) is 6.20. The minimum Gasteiger partial charge on any atom is -0.468 e. The van der Waals surface area contributed by atoms with Crippen LogP contribution in [0, 0.1) is 5.92 Å². The number of rotatable bonds is 6. The van der Waals surface area contributed by atoms with Crippen LogP contribution in [0.5, 0.6) is 0 Å². The predicted molar refractivity (Wildman–Crippen MR) is 66.0 cm³/mol. The summed E-state index contributed by atoms with van der Waals surface area (Å²) in [6, 6.07) is 0.203. The van der Waals surface area contributed by atoms with E-state index in [1.54, 1.807) is 14.0 Å². The molecule has 3 unspecified atom stereocenters. The molecule has 6 nitrogen and oxygen atoms in total. The van der Waals surface area contributed by atoms with Crippen molar-refractivity contribution in [2.45, 2.75) is 31.9 Å². The number of hydrogen-bond acceptors (Lipinski definition) is 5. The van der Waals surface area contributed by atoms with Gasteiger partial charge in [0.25, 0.3) is 0 Å². The van der Waals surface area contributed by atoms with Gasteiger partial charge in [0.2, 0.25) is 5.91 Å². The molecule has 104 valence electrons. The van der Waals surface area contributed by atoms with Crippen molar-refractivity contribution in [1.82, 2.24) is 10.6 Å². The molecule has 6 heteroatoms. The molecule has 18 heavy (non-hydrogen) atoms. The molecule has 1 heterocycles. The van der Waals surface area contributed by atoms with Gasteiger partial charge in [0.15, 0.2) is 0 Å². The zero-order chi connectivity index (χ0) is 13.5. The van der Waals surface area contributed by atoms with E-state index in [0.29, 0.717) is 0 Å². The molecule has 1 aliphatic rings. The van der Waals surface area contributed by atoms with Gasteiger partial charge in [-0.15, -0.1) is 0 Å². The van der Waals surface area contributed by atoms with E-state index in [0.717, 1.165) is 19.4 Å². The van der Waals surface area contributed by atoms with Crippen LogP contribution in [-0.2, 0) is 19.1 Å². The lowest BCUT2D eigenvalue weighted by Gasteiger charge is -2.27. The fourth-order valence-electron chi connectivity index (χ4n) is 2.25. The highest BCUT2D eigenvalue weighted by atomic mass is 16.5. The average molecular weight is 258 g/mol. The summed E-state index contributed by atoms with van der Waals surface area (Å²) >= 11 is 0. The Morgan fingerprint density at radius 2 is 2.17 bits per heavy atom. The van der Waals surface area contributed by atoms with Crippen molar-refractivity contribution >= 4 is 11.9 Å². The van der Waals surface area contributed by atoms with Crippen LogP contribution in [0.1, 0.15) is 19.8 Å². The minimum absolute atomic E-state index is 0.103. The monoisotopic (exact) mass is 258 g/mol. The second-order valence-electron chi connectivity index (χ2n) is 4.49. The topological polar surface area (TPSA) is 76.7 Å². The molecule has 1 aliphatic heterocycles. The van der Waals surface area contributed by atoms with Gasteiger partial charge in [0.05, 0.1) is 19.1 Å². The molecule has 0 saturated carbocycles. The van der Waals surface area contributed by atoms with Crippen molar-refractivity contribution in [3.63, 3.8) is 0 Å². The van der Waals surface area contributed by atoms with Crippen LogP contribution >= 0.6 is 0 Å². The van der Waals surface area contributed by atoms with Crippen LogP contribution in [0.25, 0.3) is 0 Å². The van der Waals surface area contributed by atoms with Crippen LogP contribution in [0.4, 0.5) is 0 Å². The molecule has 0 spiro atoms. The number of ether oxygens (including phenoxy) is 2. The zero-order valence-electron chi connectivity index (χ0n) is 11.2. The van der Waals surface area contributed by atoms with Gasteiger partial charge in [-0.2, -0.15) is 0 Å². The first-order valence-electron chi connectivity index (χ1n) is 6.20. The van der Waals surface area contributed by atoms with Crippen molar-refractivity contribution < 1.29 is 19.1 Å². The molecule has 1 rings (SSSR count). The summed E-state index contributed by atoms with van der Waals surface area (Å²) in [5.41, 5.74) is 0. The quantitative estimate of drug-likeness (QED) is 0.638. The summed E-state index contributed by atoms with van der Waals surface area (Å²) in [5, 5.41) is 5.87. The van der Waals surface area contributed by atoms with Gasteiger partial charge < -0.3 is 20.1 Å². The van der Waals surface area contributed by atoms with Gasteiger partial charge in [-0.1, -0.05) is 6.92 Å². The number of nitrogens with one attached hydrogen (secondary N) is 2. The lowest BCUT2D eigenvalue weighted by Crippen LogP contribution is -2.47. The molecule has 1 fully saturated rings. The molecular formula is C12H22N2O4.